The number of hydrogen-bond donors (Lipinski definition) is 1. The second kappa shape index (κ2) is 9.35. The van der Waals surface area contributed by atoms with Gasteiger partial charge in [-0.2, -0.15) is 13.2 Å². The molecule has 3 aliphatic heterocycles. The highest BCUT2D eigenvalue weighted by Crippen LogP contribution is 2.34. The van der Waals surface area contributed by atoms with Gasteiger partial charge in [0.15, 0.2) is 0 Å². The summed E-state index contributed by atoms with van der Waals surface area (Å²) in [6, 6.07) is 10.0. The molecule has 3 fully saturated rings. The van der Waals surface area contributed by atoms with E-state index >= 15 is 0 Å². The van der Waals surface area contributed by atoms with Crippen molar-refractivity contribution in [2.24, 2.45) is 0 Å². The lowest BCUT2D eigenvalue weighted by molar-refractivity contribution is -0.192. The highest BCUT2D eigenvalue weighted by molar-refractivity contribution is 5.96. The van der Waals surface area contributed by atoms with Crippen LogP contribution in [0.25, 0.3) is 0 Å². The number of benzene rings is 1. The molecule has 32 heavy (non-hydrogen) atoms. The first-order chi connectivity index (χ1) is 15.0. The summed E-state index contributed by atoms with van der Waals surface area (Å²) >= 11 is 0. The molecule has 11 heteroatoms. The Balaban J connectivity index is 0.000000360. The highest BCUT2D eigenvalue weighted by Gasteiger charge is 2.49. The third-order valence-corrected chi connectivity index (χ3v) is 6.23. The Morgan fingerprint density at radius 1 is 1.00 bits per heavy atom. The number of carboxylic acid groups (broad SMARTS) is 1. The Morgan fingerprint density at radius 2 is 1.59 bits per heavy atom. The van der Waals surface area contributed by atoms with Crippen LogP contribution in [0.3, 0.4) is 0 Å². The number of carbonyl (C=O) groups excluding carboxylic acids is 2. The molecule has 1 unspecified atom stereocenters. The van der Waals surface area contributed by atoms with Gasteiger partial charge in [0, 0.05) is 38.4 Å². The Kier molecular flexibility index (Phi) is 6.97. The minimum Gasteiger partial charge on any atom is -0.475 e. The van der Waals surface area contributed by atoms with E-state index in [-0.39, 0.29) is 17.5 Å². The molecule has 0 saturated carbocycles. The normalized spacial score (nSPS) is 24.0. The molecular formula is C21H27F3N4O4. The maximum absolute atomic E-state index is 12.7. The molecule has 1 spiro atoms. The molecule has 0 aromatic heterocycles. The summed E-state index contributed by atoms with van der Waals surface area (Å²) in [5, 5.41) is 7.12. The van der Waals surface area contributed by atoms with Crippen LogP contribution in [-0.2, 0) is 9.59 Å². The minimum atomic E-state index is -5.08. The van der Waals surface area contributed by atoms with Crippen LogP contribution >= 0.6 is 0 Å². The molecule has 1 atom stereocenters. The van der Waals surface area contributed by atoms with Crippen molar-refractivity contribution >= 4 is 23.6 Å². The van der Waals surface area contributed by atoms with E-state index in [0.29, 0.717) is 19.6 Å². The van der Waals surface area contributed by atoms with E-state index in [2.05, 4.69) is 4.90 Å². The number of piperazine rings is 1. The Hall–Kier alpha value is -2.82. The van der Waals surface area contributed by atoms with E-state index in [0.717, 1.165) is 44.6 Å². The SMILES string of the molecule is CN1CC(=O)N(c2ccccc2)CC12CCN(C(=O)N1CCCC1)C2.O=C(O)C(F)(F)F. The van der Waals surface area contributed by atoms with Gasteiger partial charge < -0.3 is 19.8 Å². The lowest BCUT2D eigenvalue weighted by Crippen LogP contribution is -2.64. The zero-order valence-corrected chi connectivity index (χ0v) is 17.8. The van der Waals surface area contributed by atoms with Crippen molar-refractivity contribution in [3.05, 3.63) is 30.3 Å². The van der Waals surface area contributed by atoms with Crippen molar-refractivity contribution in [1.82, 2.24) is 14.7 Å². The second-order valence-electron chi connectivity index (χ2n) is 8.35. The number of halogens is 3. The van der Waals surface area contributed by atoms with E-state index in [1.807, 2.05) is 52.1 Å². The zero-order chi connectivity index (χ0) is 23.5. The maximum atomic E-state index is 12.7. The van der Waals surface area contributed by atoms with Crippen molar-refractivity contribution in [3.8, 4) is 0 Å². The second-order valence-corrected chi connectivity index (χ2v) is 8.35. The third kappa shape index (κ3) is 5.14. The van der Waals surface area contributed by atoms with Crippen LogP contribution in [-0.4, -0.2) is 95.7 Å². The maximum Gasteiger partial charge on any atom is 0.490 e. The number of para-hydroxylation sites is 1. The van der Waals surface area contributed by atoms with Crippen molar-refractivity contribution in [2.45, 2.75) is 31.0 Å². The number of amides is 3. The molecule has 3 heterocycles. The van der Waals surface area contributed by atoms with Gasteiger partial charge >= 0.3 is 18.2 Å². The van der Waals surface area contributed by atoms with Crippen LogP contribution in [0.5, 0.6) is 0 Å². The predicted molar refractivity (Wildman–Crippen MR) is 110 cm³/mol. The van der Waals surface area contributed by atoms with E-state index in [1.54, 1.807) is 0 Å². The molecule has 1 aromatic rings. The molecule has 3 aliphatic rings. The number of anilines is 1. The van der Waals surface area contributed by atoms with Crippen molar-refractivity contribution in [1.29, 1.82) is 0 Å². The monoisotopic (exact) mass is 456 g/mol. The molecule has 0 bridgehead atoms. The fourth-order valence-electron chi connectivity index (χ4n) is 4.37. The lowest BCUT2D eigenvalue weighted by atomic mass is 9.92. The number of aliphatic carboxylic acids is 1. The van der Waals surface area contributed by atoms with E-state index in [9.17, 15) is 22.8 Å². The molecule has 176 valence electrons. The Bertz CT molecular complexity index is 845. The molecule has 1 aromatic carbocycles. The van der Waals surface area contributed by atoms with Gasteiger partial charge in [-0.15, -0.1) is 0 Å². The summed E-state index contributed by atoms with van der Waals surface area (Å²) in [5.41, 5.74) is 0.809. The Labute approximate surface area is 184 Å². The molecule has 4 rings (SSSR count). The standard InChI is InChI=1S/C19H26N4O2.C2HF3O2/c1-20-13-17(24)23(16-7-3-2-4-8-16)15-19(20)9-12-22(14-19)18(25)21-10-5-6-11-21;3-2(4,5)1(6)7/h2-4,7-8H,5-6,9-15H2,1H3;(H,6,7). The van der Waals surface area contributed by atoms with Gasteiger partial charge in [-0.1, -0.05) is 18.2 Å². The third-order valence-electron chi connectivity index (χ3n) is 6.23. The van der Waals surface area contributed by atoms with Crippen LogP contribution in [0, 0.1) is 0 Å². The van der Waals surface area contributed by atoms with Crippen molar-refractivity contribution < 1.29 is 32.7 Å². The highest BCUT2D eigenvalue weighted by atomic mass is 19.4. The number of hydrogen-bond acceptors (Lipinski definition) is 4. The van der Waals surface area contributed by atoms with E-state index < -0.39 is 12.1 Å². The molecule has 8 nitrogen and oxygen atoms in total. The predicted octanol–water partition coefficient (Wildman–Crippen LogP) is 2.26. The summed E-state index contributed by atoms with van der Waals surface area (Å²) in [6.07, 6.45) is -1.94. The molecule has 0 radical (unpaired) electrons. The topological polar surface area (TPSA) is 84.4 Å². The number of likely N-dealkylation sites (N-methyl/N-ethyl adjacent to an activating group) is 1. The largest absolute Gasteiger partial charge is 0.490 e. The van der Waals surface area contributed by atoms with Gasteiger partial charge in [-0.25, -0.2) is 9.59 Å². The number of carboxylic acids is 1. The average molecular weight is 456 g/mol. The first-order valence-electron chi connectivity index (χ1n) is 10.4. The van der Waals surface area contributed by atoms with Crippen molar-refractivity contribution in [2.75, 3.05) is 51.2 Å². The van der Waals surface area contributed by atoms with Gasteiger partial charge in [0.25, 0.3) is 0 Å². The quantitative estimate of drug-likeness (QED) is 0.701. The number of nitrogens with zero attached hydrogens (tertiary/aromatic N) is 4. The zero-order valence-electron chi connectivity index (χ0n) is 17.8. The smallest absolute Gasteiger partial charge is 0.475 e. The number of rotatable bonds is 1. The summed E-state index contributed by atoms with van der Waals surface area (Å²) in [7, 11) is 2.02. The number of alkyl halides is 3. The summed E-state index contributed by atoms with van der Waals surface area (Å²) in [5.74, 6) is -2.63. The molecule has 0 aliphatic carbocycles. The lowest BCUT2D eigenvalue weighted by Gasteiger charge is -2.46. The van der Waals surface area contributed by atoms with Gasteiger partial charge in [-0.3, -0.25) is 9.69 Å². The van der Waals surface area contributed by atoms with E-state index in [1.165, 1.54) is 0 Å². The molecule has 3 saturated heterocycles. The van der Waals surface area contributed by atoms with Crippen LogP contribution < -0.4 is 4.90 Å². The van der Waals surface area contributed by atoms with Crippen LogP contribution in [0.15, 0.2) is 30.3 Å². The summed E-state index contributed by atoms with van der Waals surface area (Å²) in [6.45, 7) is 4.29. The van der Waals surface area contributed by atoms with Crippen LogP contribution in [0.2, 0.25) is 0 Å². The van der Waals surface area contributed by atoms with Gasteiger partial charge in [0.1, 0.15) is 0 Å². The van der Waals surface area contributed by atoms with Crippen LogP contribution in [0.1, 0.15) is 19.3 Å². The van der Waals surface area contributed by atoms with Gasteiger partial charge in [0.05, 0.1) is 12.1 Å². The summed E-state index contributed by atoms with van der Waals surface area (Å²) < 4.78 is 31.7. The van der Waals surface area contributed by atoms with Crippen molar-refractivity contribution in [3.63, 3.8) is 0 Å². The number of carbonyl (C=O) groups is 3. The Morgan fingerprint density at radius 3 is 2.16 bits per heavy atom. The molecular weight excluding hydrogens is 429 g/mol. The summed E-state index contributed by atoms with van der Waals surface area (Å²) in [4.78, 5) is 42.2. The first kappa shape index (κ1) is 23.8. The fraction of sp³-hybridized carbons (Fsp3) is 0.571. The van der Waals surface area contributed by atoms with Gasteiger partial charge in [-0.05, 0) is 38.4 Å². The van der Waals surface area contributed by atoms with Crippen LogP contribution in [0.4, 0.5) is 23.7 Å². The fourth-order valence-corrected chi connectivity index (χ4v) is 4.37. The molecule has 3 amide bonds. The van der Waals surface area contributed by atoms with E-state index in [4.69, 9.17) is 9.90 Å². The first-order valence-corrected chi connectivity index (χ1v) is 10.4. The average Bonchev–Trinajstić information content (AvgIpc) is 3.42. The minimum absolute atomic E-state index is 0.128. The van der Waals surface area contributed by atoms with Gasteiger partial charge in [0.2, 0.25) is 5.91 Å². The number of likely N-dealkylation sites (tertiary alicyclic amines) is 2. The number of urea groups is 1. The molecule has 1 N–H and O–H groups in total.